The molecule has 6 nitrogen and oxygen atoms in total. The van der Waals surface area contributed by atoms with Crippen molar-refractivity contribution in [3.8, 4) is 5.69 Å². The van der Waals surface area contributed by atoms with Crippen LogP contribution in [0.1, 0.15) is 25.5 Å². The Morgan fingerprint density at radius 2 is 1.68 bits per heavy atom. The Balaban J connectivity index is 2.02. The molecule has 0 N–H and O–H groups in total. The molecule has 4 aromatic rings. The van der Waals surface area contributed by atoms with Crippen molar-refractivity contribution < 1.29 is 17.6 Å². The number of fused-ring (bicyclic) bond motifs is 1. The molecule has 0 saturated carbocycles. The van der Waals surface area contributed by atoms with E-state index in [2.05, 4.69) is 4.98 Å². The zero-order valence-electron chi connectivity index (χ0n) is 16.4. The number of aromatic nitrogens is 4. The first-order valence-electron chi connectivity index (χ1n) is 9.30. The molecule has 2 aromatic heterocycles. The third kappa shape index (κ3) is 3.43. The van der Waals surface area contributed by atoms with Crippen LogP contribution in [-0.4, -0.2) is 18.7 Å². The molecule has 0 bridgehead atoms. The van der Waals surface area contributed by atoms with Gasteiger partial charge in [0.2, 0.25) is 0 Å². The number of rotatable bonds is 4. The van der Waals surface area contributed by atoms with Crippen molar-refractivity contribution in [2.24, 2.45) is 0 Å². The maximum atomic E-state index is 14.5. The lowest BCUT2D eigenvalue weighted by atomic mass is 10.2. The normalized spacial score (nSPS) is 11.6. The Kier molecular flexibility index (Phi) is 5.00. The largest absolute Gasteiger partial charge is 0.337 e. The lowest BCUT2D eigenvalue weighted by Gasteiger charge is -2.15. The van der Waals surface area contributed by atoms with Gasteiger partial charge in [0, 0.05) is 18.7 Å². The predicted molar refractivity (Wildman–Crippen MR) is 105 cm³/mol. The van der Waals surface area contributed by atoms with Crippen LogP contribution in [0.5, 0.6) is 0 Å². The van der Waals surface area contributed by atoms with Gasteiger partial charge in [-0.05, 0) is 43.7 Å². The van der Waals surface area contributed by atoms with Crippen molar-refractivity contribution in [3.05, 3.63) is 92.4 Å². The molecule has 2 heterocycles. The van der Waals surface area contributed by atoms with Gasteiger partial charge in [0.15, 0.2) is 22.8 Å². The van der Waals surface area contributed by atoms with Crippen LogP contribution >= 0.6 is 0 Å². The molecule has 2 aromatic carbocycles. The molecule has 0 fully saturated rings. The van der Waals surface area contributed by atoms with Gasteiger partial charge in [0.05, 0.1) is 12.0 Å². The molecule has 0 saturated heterocycles. The highest BCUT2D eigenvalue weighted by Crippen LogP contribution is 2.19. The molecule has 0 atom stereocenters. The summed E-state index contributed by atoms with van der Waals surface area (Å²) in [5, 5.41) is 0. The fourth-order valence-corrected chi connectivity index (χ4v) is 3.44. The van der Waals surface area contributed by atoms with E-state index < -0.39 is 40.6 Å². The smallest absolute Gasteiger partial charge is 0.320 e. The second-order valence-corrected chi connectivity index (χ2v) is 7.28. The summed E-state index contributed by atoms with van der Waals surface area (Å²) >= 11 is 0. The van der Waals surface area contributed by atoms with Crippen molar-refractivity contribution >= 4 is 11.2 Å². The molecular weight excluding hydrogens is 416 g/mol. The lowest BCUT2D eigenvalue weighted by molar-refractivity contribution is 0.506. The highest BCUT2D eigenvalue weighted by Gasteiger charge is 2.22. The molecule has 0 aliphatic heterocycles. The van der Waals surface area contributed by atoms with E-state index in [0.717, 1.165) is 33.4 Å². The average molecular weight is 432 g/mol. The van der Waals surface area contributed by atoms with Crippen LogP contribution in [0.25, 0.3) is 16.9 Å². The third-order valence-electron chi connectivity index (χ3n) is 4.85. The Morgan fingerprint density at radius 3 is 2.32 bits per heavy atom. The molecule has 10 heteroatoms. The minimum atomic E-state index is -1.05. The number of benzene rings is 2. The van der Waals surface area contributed by atoms with Crippen molar-refractivity contribution in [3.63, 3.8) is 0 Å². The van der Waals surface area contributed by atoms with Crippen molar-refractivity contribution in [1.82, 2.24) is 18.7 Å². The first kappa shape index (κ1) is 20.6. The number of nitrogens with zero attached hydrogens (tertiary/aromatic N) is 4. The van der Waals surface area contributed by atoms with Gasteiger partial charge in [-0.3, -0.25) is 9.36 Å². The van der Waals surface area contributed by atoms with Crippen LogP contribution < -0.4 is 11.2 Å². The number of imidazole rings is 1. The summed E-state index contributed by atoms with van der Waals surface area (Å²) < 4.78 is 57.9. The lowest BCUT2D eigenvalue weighted by Crippen LogP contribution is -2.41. The molecular formula is C21H16F4N4O2. The van der Waals surface area contributed by atoms with Gasteiger partial charge in [-0.25, -0.2) is 31.9 Å². The van der Waals surface area contributed by atoms with Crippen molar-refractivity contribution in [1.29, 1.82) is 0 Å². The number of halogens is 4. The fraction of sp³-hybridized carbons (Fsp3) is 0.190. The maximum Gasteiger partial charge on any atom is 0.337 e. The first-order chi connectivity index (χ1) is 14.7. The van der Waals surface area contributed by atoms with Crippen molar-refractivity contribution in [2.45, 2.75) is 26.4 Å². The van der Waals surface area contributed by atoms with Crippen LogP contribution in [0.4, 0.5) is 17.6 Å². The molecule has 4 rings (SSSR count). The van der Waals surface area contributed by atoms with E-state index in [-0.39, 0.29) is 23.4 Å². The average Bonchev–Trinajstić information content (AvgIpc) is 3.09. The summed E-state index contributed by atoms with van der Waals surface area (Å²) in [4.78, 5) is 30.3. The van der Waals surface area contributed by atoms with Gasteiger partial charge in [-0.1, -0.05) is 6.07 Å². The van der Waals surface area contributed by atoms with Gasteiger partial charge in [0.1, 0.15) is 11.6 Å². The van der Waals surface area contributed by atoms with Crippen LogP contribution in [0.2, 0.25) is 0 Å². The summed E-state index contributed by atoms with van der Waals surface area (Å²) in [6.45, 7) is 3.16. The van der Waals surface area contributed by atoms with Crippen LogP contribution in [-0.2, 0) is 6.54 Å². The summed E-state index contributed by atoms with van der Waals surface area (Å²) in [5.74, 6) is -3.90. The van der Waals surface area contributed by atoms with Crippen LogP contribution in [0.3, 0.4) is 0 Å². The molecule has 0 aliphatic rings. The zero-order chi connectivity index (χ0) is 22.4. The molecule has 31 heavy (non-hydrogen) atoms. The molecule has 0 spiro atoms. The number of hydrogen-bond donors (Lipinski definition) is 0. The fourth-order valence-electron chi connectivity index (χ4n) is 3.44. The SMILES string of the molecule is CC(C)n1c(=O)c2c(ncn2Cc2ccc(F)c(F)c2)n(-c2ccc(F)cc2F)c1=O. The van der Waals surface area contributed by atoms with E-state index in [1.54, 1.807) is 13.8 Å². The highest BCUT2D eigenvalue weighted by molar-refractivity contribution is 5.72. The summed E-state index contributed by atoms with van der Waals surface area (Å²) in [6.07, 6.45) is 1.25. The van der Waals surface area contributed by atoms with Gasteiger partial charge in [0.25, 0.3) is 5.56 Å². The Hall–Kier alpha value is -3.69. The van der Waals surface area contributed by atoms with Crippen molar-refractivity contribution in [2.75, 3.05) is 0 Å². The van der Waals surface area contributed by atoms with E-state index in [0.29, 0.717) is 11.6 Å². The molecule has 0 unspecified atom stereocenters. The third-order valence-corrected chi connectivity index (χ3v) is 4.85. The van der Waals surface area contributed by atoms with E-state index >= 15 is 0 Å². The molecule has 0 aliphatic carbocycles. The minimum absolute atomic E-state index is 0.0400. The van der Waals surface area contributed by atoms with Crippen LogP contribution in [0, 0.1) is 23.3 Å². The summed E-state index contributed by atoms with van der Waals surface area (Å²) in [5.41, 5.74) is -1.62. The molecule has 0 amide bonds. The van der Waals surface area contributed by atoms with E-state index in [9.17, 15) is 27.2 Å². The Labute approximate surface area is 172 Å². The Bertz CT molecular complexity index is 1440. The second-order valence-electron chi connectivity index (χ2n) is 7.28. The van der Waals surface area contributed by atoms with Gasteiger partial charge < -0.3 is 4.57 Å². The molecule has 0 radical (unpaired) electrons. The summed E-state index contributed by atoms with van der Waals surface area (Å²) in [6, 6.07) is 5.40. The van der Waals surface area contributed by atoms with Gasteiger partial charge in [-0.2, -0.15) is 0 Å². The predicted octanol–water partition coefficient (Wildman–Crippen LogP) is 3.53. The second kappa shape index (κ2) is 7.53. The summed E-state index contributed by atoms with van der Waals surface area (Å²) in [7, 11) is 0. The minimum Gasteiger partial charge on any atom is -0.320 e. The quantitative estimate of drug-likeness (QED) is 0.464. The zero-order valence-corrected chi connectivity index (χ0v) is 16.4. The Morgan fingerprint density at radius 1 is 0.935 bits per heavy atom. The monoisotopic (exact) mass is 432 g/mol. The molecule has 160 valence electrons. The van der Waals surface area contributed by atoms with Gasteiger partial charge in [-0.15, -0.1) is 0 Å². The van der Waals surface area contributed by atoms with Gasteiger partial charge >= 0.3 is 5.69 Å². The standard InChI is InChI=1S/C21H16F4N4O2/c1-11(2)28-20(30)18-19(29(21(28)31)17-6-4-13(22)8-16(17)25)26-10-27(18)9-12-3-5-14(23)15(24)7-12/h3-8,10-11H,9H2,1-2H3. The topological polar surface area (TPSA) is 61.8 Å². The maximum absolute atomic E-state index is 14.5. The van der Waals surface area contributed by atoms with E-state index in [1.165, 1.54) is 17.0 Å². The number of hydrogen-bond acceptors (Lipinski definition) is 3. The van der Waals surface area contributed by atoms with Crippen LogP contribution in [0.15, 0.2) is 52.3 Å². The van der Waals surface area contributed by atoms with E-state index in [1.807, 2.05) is 0 Å². The van der Waals surface area contributed by atoms with E-state index in [4.69, 9.17) is 0 Å². The first-order valence-corrected chi connectivity index (χ1v) is 9.30. The highest BCUT2D eigenvalue weighted by atomic mass is 19.2.